The number of allylic oxidation sites excluding steroid dienone is 4. The van der Waals surface area contributed by atoms with Crippen LogP contribution in [0.15, 0.2) is 35.8 Å². The molecule has 16 heavy (non-hydrogen) atoms. The molecule has 1 aliphatic heterocycles. The molecule has 1 aliphatic rings. The zero-order valence-electron chi connectivity index (χ0n) is 10.5. The third-order valence-electron chi connectivity index (χ3n) is 2.94. The van der Waals surface area contributed by atoms with E-state index in [1.807, 2.05) is 26.0 Å². The Labute approximate surface area is 97.7 Å². The number of likely N-dealkylation sites (N-methyl/N-ethyl adjacent to an activating group) is 1. The highest BCUT2D eigenvalue weighted by molar-refractivity contribution is 5.30. The second-order valence-corrected chi connectivity index (χ2v) is 4.26. The molecule has 1 saturated heterocycles. The van der Waals surface area contributed by atoms with E-state index < -0.39 is 0 Å². The standard InChI is InChI=1S/C13H21FN2/c1-5-11(2)10-13(12(3)14)16-8-6-15(4)7-9-16/h5,10H,3,6-9H2,1-2,4H3/b11-5-,13-10+. The lowest BCUT2D eigenvalue weighted by molar-refractivity contribution is 0.185. The SMILES string of the molecule is C=C(F)/C(=C\C(C)=C/C)N1CCN(C)CC1. The molecule has 3 heteroatoms. The highest BCUT2D eigenvalue weighted by Gasteiger charge is 2.18. The van der Waals surface area contributed by atoms with Gasteiger partial charge in [-0.1, -0.05) is 18.2 Å². The first-order valence-corrected chi connectivity index (χ1v) is 5.67. The van der Waals surface area contributed by atoms with Crippen molar-refractivity contribution in [1.82, 2.24) is 9.80 Å². The van der Waals surface area contributed by atoms with E-state index in [9.17, 15) is 4.39 Å². The first-order valence-electron chi connectivity index (χ1n) is 5.67. The Morgan fingerprint density at radius 3 is 2.25 bits per heavy atom. The van der Waals surface area contributed by atoms with Gasteiger partial charge < -0.3 is 9.80 Å². The van der Waals surface area contributed by atoms with Crippen molar-refractivity contribution in [1.29, 1.82) is 0 Å². The van der Waals surface area contributed by atoms with Crippen LogP contribution in [0.2, 0.25) is 0 Å². The maximum Gasteiger partial charge on any atom is 0.139 e. The molecule has 1 rings (SSSR count). The first-order chi connectivity index (χ1) is 7.54. The monoisotopic (exact) mass is 224 g/mol. The molecular weight excluding hydrogens is 203 g/mol. The zero-order chi connectivity index (χ0) is 12.1. The van der Waals surface area contributed by atoms with Crippen molar-refractivity contribution in [3.05, 3.63) is 35.8 Å². The molecule has 2 nitrogen and oxygen atoms in total. The maximum atomic E-state index is 13.4. The third-order valence-corrected chi connectivity index (χ3v) is 2.94. The number of hydrogen-bond acceptors (Lipinski definition) is 2. The highest BCUT2D eigenvalue weighted by atomic mass is 19.1. The predicted molar refractivity (Wildman–Crippen MR) is 66.8 cm³/mol. The average Bonchev–Trinajstić information content (AvgIpc) is 2.26. The van der Waals surface area contributed by atoms with Gasteiger partial charge in [-0.25, -0.2) is 4.39 Å². The van der Waals surface area contributed by atoms with Crippen LogP contribution >= 0.6 is 0 Å². The Kier molecular flexibility index (Phi) is 4.74. The summed E-state index contributed by atoms with van der Waals surface area (Å²) in [6.07, 6.45) is 3.84. The topological polar surface area (TPSA) is 6.48 Å². The van der Waals surface area contributed by atoms with Crippen LogP contribution in [0.4, 0.5) is 4.39 Å². The molecule has 1 heterocycles. The van der Waals surface area contributed by atoms with Crippen LogP contribution in [-0.2, 0) is 0 Å². The molecule has 0 bridgehead atoms. The van der Waals surface area contributed by atoms with Crippen molar-refractivity contribution < 1.29 is 4.39 Å². The van der Waals surface area contributed by atoms with Crippen LogP contribution in [0.5, 0.6) is 0 Å². The van der Waals surface area contributed by atoms with Gasteiger partial charge in [0.15, 0.2) is 0 Å². The second-order valence-electron chi connectivity index (χ2n) is 4.26. The molecule has 0 aromatic carbocycles. The summed E-state index contributed by atoms with van der Waals surface area (Å²) in [4.78, 5) is 4.31. The second kappa shape index (κ2) is 5.85. The molecule has 0 aromatic heterocycles. The van der Waals surface area contributed by atoms with Gasteiger partial charge in [0.2, 0.25) is 0 Å². The van der Waals surface area contributed by atoms with E-state index in [4.69, 9.17) is 0 Å². The summed E-state index contributed by atoms with van der Waals surface area (Å²) in [5.74, 6) is -0.342. The van der Waals surface area contributed by atoms with E-state index in [-0.39, 0.29) is 5.83 Å². The summed E-state index contributed by atoms with van der Waals surface area (Å²) in [6, 6.07) is 0. The van der Waals surface area contributed by atoms with Crippen molar-refractivity contribution >= 4 is 0 Å². The van der Waals surface area contributed by atoms with E-state index >= 15 is 0 Å². The summed E-state index contributed by atoms with van der Waals surface area (Å²) >= 11 is 0. The van der Waals surface area contributed by atoms with Crippen molar-refractivity contribution in [3.8, 4) is 0 Å². The lowest BCUT2D eigenvalue weighted by Gasteiger charge is -2.35. The first kappa shape index (κ1) is 13.0. The summed E-state index contributed by atoms with van der Waals surface area (Å²) < 4.78 is 13.4. The molecule has 0 N–H and O–H groups in total. The molecule has 0 saturated carbocycles. The fourth-order valence-electron chi connectivity index (χ4n) is 1.69. The number of nitrogens with zero attached hydrogens (tertiary/aromatic N) is 2. The lowest BCUT2D eigenvalue weighted by Crippen LogP contribution is -2.43. The van der Waals surface area contributed by atoms with Gasteiger partial charge in [0.05, 0.1) is 5.70 Å². The van der Waals surface area contributed by atoms with E-state index in [1.54, 1.807) is 0 Å². The van der Waals surface area contributed by atoms with Crippen molar-refractivity contribution in [3.63, 3.8) is 0 Å². The van der Waals surface area contributed by atoms with Gasteiger partial charge in [-0.05, 0) is 27.0 Å². The summed E-state index contributed by atoms with van der Waals surface area (Å²) in [6.45, 7) is 11.0. The van der Waals surface area contributed by atoms with Crippen molar-refractivity contribution in [2.75, 3.05) is 33.2 Å². The number of rotatable bonds is 3. The van der Waals surface area contributed by atoms with Gasteiger partial charge in [0, 0.05) is 26.2 Å². The maximum absolute atomic E-state index is 13.4. The fourth-order valence-corrected chi connectivity index (χ4v) is 1.69. The Morgan fingerprint density at radius 1 is 1.25 bits per heavy atom. The highest BCUT2D eigenvalue weighted by Crippen LogP contribution is 2.19. The van der Waals surface area contributed by atoms with Crippen molar-refractivity contribution in [2.24, 2.45) is 0 Å². The summed E-state index contributed by atoms with van der Waals surface area (Å²) in [5, 5.41) is 0. The van der Waals surface area contributed by atoms with Gasteiger partial charge in [-0.15, -0.1) is 0 Å². The van der Waals surface area contributed by atoms with Gasteiger partial charge in [-0.2, -0.15) is 0 Å². The molecule has 90 valence electrons. The van der Waals surface area contributed by atoms with Crippen LogP contribution in [0.1, 0.15) is 13.8 Å². The molecule has 0 amide bonds. The van der Waals surface area contributed by atoms with Gasteiger partial charge in [0.1, 0.15) is 5.83 Å². The Bertz CT molecular complexity index is 310. The van der Waals surface area contributed by atoms with E-state index in [1.165, 1.54) is 0 Å². The molecular formula is C13H21FN2. The van der Waals surface area contributed by atoms with Gasteiger partial charge in [0.25, 0.3) is 0 Å². The molecule has 0 spiro atoms. The van der Waals surface area contributed by atoms with Crippen LogP contribution in [0.25, 0.3) is 0 Å². The largest absolute Gasteiger partial charge is 0.367 e. The molecule has 0 atom stereocenters. The Morgan fingerprint density at radius 2 is 1.81 bits per heavy atom. The lowest BCUT2D eigenvalue weighted by atomic mass is 10.2. The summed E-state index contributed by atoms with van der Waals surface area (Å²) in [5.41, 5.74) is 1.69. The Balaban J connectivity index is 2.79. The van der Waals surface area contributed by atoms with Gasteiger partial charge in [-0.3, -0.25) is 0 Å². The van der Waals surface area contributed by atoms with Crippen LogP contribution in [0, 0.1) is 0 Å². The van der Waals surface area contributed by atoms with Gasteiger partial charge >= 0.3 is 0 Å². The number of hydrogen-bond donors (Lipinski definition) is 0. The third kappa shape index (κ3) is 3.49. The van der Waals surface area contributed by atoms with Crippen molar-refractivity contribution in [2.45, 2.75) is 13.8 Å². The van der Waals surface area contributed by atoms with E-state index in [0.717, 1.165) is 31.8 Å². The smallest absolute Gasteiger partial charge is 0.139 e. The van der Waals surface area contributed by atoms with E-state index in [2.05, 4.69) is 23.4 Å². The fraction of sp³-hybridized carbons (Fsp3) is 0.538. The van der Waals surface area contributed by atoms with Crippen LogP contribution in [0.3, 0.4) is 0 Å². The molecule has 0 unspecified atom stereocenters. The quantitative estimate of drug-likeness (QED) is 0.680. The Hall–Kier alpha value is -1.09. The molecule has 0 aromatic rings. The average molecular weight is 224 g/mol. The van der Waals surface area contributed by atoms with Crippen LogP contribution in [-0.4, -0.2) is 43.0 Å². The predicted octanol–water partition coefficient (Wildman–Crippen LogP) is 2.57. The molecule has 1 fully saturated rings. The minimum Gasteiger partial charge on any atom is -0.367 e. The zero-order valence-corrected chi connectivity index (χ0v) is 10.5. The minimum atomic E-state index is -0.342. The summed E-state index contributed by atoms with van der Waals surface area (Å²) in [7, 11) is 2.09. The van der Waals surface area contributed by atoms with E-state index in [0.29, 0.717) is 5.70 Å². The minimum absolute atomic E-state index is 0.342. The molecule has 0 radical (unpaired) electrons. The number of halogens is 1. The normalized spacial score (nSPS) is 20.1. The van der Waals surface area contributed by atoms with Crippen LogP contribution < -0.4 is 0 Å². The number of piperazine rings is 1. The molecule has 0 aliphatic carbocycles.